The zero-order valence-corrected chi connectivity index (χ0v) is 24.1. The van der Waals surface area contributed by atoms with Crippen molar-refractivity contribution in [1.29, 1.82) is 0 Å². The van der Waals surface area contributed by atoms with Gasteiger partial charge < -0.3 is 15.0 Å². The molecule has 1 saturated carbocycles. The Kier molecular flexibility index (Phi) is 10.4. The van der Waals surface area contributed by atoms with Gasteiger partial charge in [0.05, 0.1) is 19.1 Å². The number of ether oxygens (including phenoxy) is 1. The third kappa shape index (κ3) is 8.20. The summed E-state index contributed by atoms with van der Waals surface area (Å²) in [7, 11) is -2.21. The Labute approximate surface area is 228 Å². The van der Waals surface area contributed by atoms with Crippen LogP contribution in [0.4, 0.5) is 5.69 Å². The van der Waals surface area contributed by atoms with Gasteiger partial charge in [-0.15, -0.1) is 0 Å². The monoisotopic (exact) mass is 593 g/mol. The lowest BCUT2D eigenvalue weighted by atomic mass is 9.95. The van der Waals surface area contributed by atoms with E-state index in [2.05, 4.69) is 21.2 Å². The second-order valence-electron chi connectivity index (χ2n) is 9.39. The number of benzene rings is 2. The van der Waals surface area contributed by atoms with E-state index in [0.717, 1.165) is 41.8 Å². The molecule has 3 rings (SSSR count). The number of nitrogens with zero attached hydrogens (tertiary/aromatic N) is 2. The molecule has 1 aliphatic rings. The van der Waals surface area contributed by atoms with Crippen molar-refractivity contribution in [2.75, 3.05) is 24.2 Å². The van der Waals surface area contributed by atoms with E-state index in [9.17, 15) is 18.0 Å². The average molecular weight is 595 g/mol. The number of hydrogen-bond donors (Lipinski definition) is 1. The van der Waals surface area contributed by atoms with Crippen LogP contribution in [0.2, 0.25) is 0 Å². The maximum absolute atomic E-state index is 13.8. The molecule has 0 bridgehead atoms. The minimum Gasteiger partial charge on any atom is -0.497 e. The number of halogens is 1. The Morgan fingerprint density at radius 1 is 1.11 bits per heavy atom. The van der Waals surface area contributed by atoms with Crippen LogP contribution in [-0.4, -0.2) is 57.1 Å². The van der Waals surface area contributed by atoms with Crippen LogP contribution in [0.1, 0.15) is 51.0 Å². The van der Waals surface area contributed by atoms with Crippen molar-refractivity contribution in [3.05, 3.63) is 58.6 Å². The van der Waals surface area contributed by atoms with E-state index in [1.165, 1.54) is 11.3 Å². The predicted octanol–water partition coefficient (Wildman–Crippen LogP) is 4.48. The van der Waals surface area contributed by atoms with Gasteiger partial charge in [0.15, 0.2) is 0 Å². The number of carbonyl (C=O) groups excluding carboxylic acids is 2. The minimum absolute atomic E-state index is 0.0956. The van der Waals surface area contributed by atoms with Crippen LogP contribution in [0, 0.1) is 0 Å². The number of carbonyl (C=O) groups is 2. The van der Waals surface area contributed by atoms with Gasteiger partial charge in [-0.25, -0.2) is 8.42 Å². The number of nitrogens with one attached hydrogen (secondary N) is 1. The number of rotatable bonds is 11. The van der Waals surface area contributed by atoms with Crippen molar-refractivity contribution >= 4 is 43.5 Å². The average Bonchev–Trinajstić information content (AvgIpc) is 2.87. The van der Waals surface area contributed by atoms with Crippen LogP contribution in [0.5, 0.6) is 5.75 Å². The highest BCUT2D eigenvalue weighted by Crippen LogP contribution is 2.24. The topological polar surface area (TPSA) is 96.0 Å². The molecule has 0 spiro atoms. The van der Waals surface area contributed by atoms with Crippen molar-refractivity contribution in [2.24, 2.45) is 0 Å². The molecule has 2 aromatic carbocycles. The smallest absolute Gasteiger partial charge is 0.244 e. The standard InChI is InChI=1S/C27H36BrN3O5S/c1-4-25(27(33)29-22-12-6-5-7-13-22)30(18-20-10-8-15-24(16-20)36-2)26(32)19-31(37(3,34)35)23-14-9-11-21(28)17-23/h8-11,14-17,22,25H,4-7,12-13,18-19H2,1-3H3,(H,29,33). The van der Waals surface area contributed by atoms with Crippen molar-refractivity contribution in [1.82, 2.24) is 10.2 Å². The first-order valence-corrected chi connectivity index (χ1v) is 15.2. The maximum atomic E-state index is 13.8. The highest BCUT2D eigenvalue weighted by atomic mass is 79.9. The second-order valence-corrected chi connectivity index (χ2v) is 12.2. The lowest BCUT2D eigenvalue weighted by Gasteiger charge is -2.34. The van der Waals surface area contributed by atoms with Crippen molar-refractivity contribution in [3.8, 4) is 5.75 Å². The van der Waals surface area contributed by atoms with Gasteiger partial charge in [0.2, 0.25) is 21.8 Å². The summed E-state index contributed by atoms with van der Waals surface area (Å²) in [5.74, 6) is -0.0330. The van der Waals surface area contributed by atoms with Gasteiger partial charge in [0.1, 0.15) is 18.3 Å². The van der Waals surface area contributed by atoms with Gasteiger partial charge in [-0.1, -0.05) is 60.3 Å². The lowest BCUT2D eigenvalue weighted by Crippen LogP contribution is -2.53. The molecule has 1 N–H and O–H groups in total. The Balaban J connectivity index is 1.92. The van der Waals surface area contributed by atoms with Gasteiger partial charge in [0.25, 0.3) is 0 Å². The van der Waals surface area contributed by atoms with E-state index in [0.29, 0.717) is 22.3 Å². The van der Waals surface area contributed by atoms with Crippen LogP contribution >= 0.6 is 15.9 Å². The fraction of sp³-hybridized carbons (Fsp3) is 0.481. The van der Waals surface area contributed by atoms with Gasteiger partial charge in [-0.3, -0.25) is 13.9 Å². The molecule has 202 valence electrons. The largest absolute Gasteiger partial charge is 0.497 e. The Bertz CT molecular complexity index is 1180. The number of sulfonamides is 1. The normalized spacial score (nSPS) is 15.0. The molecule has 2 amide bonds. The Hall–Kier alpha value is -2.59. The quantitative estimate of drug-likeness (QED) is 0.414. The lowest BCUT2D eigenvalue weighted by molar-refractivity contribution is -0.140. The predicted molar refractivity (Wildman–Crippen MR) is 149 cm³/mol. The molecular weight excluding hydrogens is 558 g/mol. The van der Waals surface area contributed by atoms with E-state index in [-0.39, 0.29) is 18.5 Å². The number of hydrogen-bond acceptors (Lipinski definition) is 5. The number of anilines is 1. The third-order valence-corrected chi connectivity index (χ3v) is 8.23. The van der Waals surface area contributed by atoms with E-state index in [1.54, 1.807) is 37.4 Å². The van der Waals surface area contributed by atoms with E-state index < -0.39 is 28.5 Å². The molecule has 0 heterocycles. The van der Waals surface area contributed by atoms with Crippen molar-refractivity contribution in [2.45, 2.75) is 64.1 Å². The van der Waals surface area contributed by atoms with Crippen LogP contribution in [0.25, 0.3) is 0 Å². The van der Waals surface area contributed by atoms with Gasteiger partial charge in [-0.2, -0.15) is 0 Å². The summed E-state index contributed by atoms with van der Waals surface area (Å²) in [5.41, 5.74) is 1.15. The van der Waals surface area contributed by atoms with Gasteiger partial charge in [-0.05, 0) is 55.2 Å². The molecular formula is C27H36BrN3O5S. The van der Waals surface area contributed by atoms with Crippen LogP contribution in [0.15, 0.2) is 53.0 Å². The maximum Gasteiger partial charge on any atom is 0.244 e. The first kappa shape index (κ1) is 29.0. The highest BCUT2D eigenvalue weighted by molar-refractivity contribution is 9.10. The summed E-state index contributed by atoms with van der Waals surface area (Å²) in [6, 6.07) is 13.4. The zero-order valence-electron chi connectivity index (χ0n) is 21.7. The Morgan fingerprint density at radius 2 is 1.81 bits per heavy atom. The molecule has 1 unspecified atom stereocenters. The minimum atomic E-state index is -3.78. The molecule has 0 aliphatic heterocycles. The first-order valence-electron chi connectivity index (χ1n) is 12.6. The number of amides is 2. The van der Waals surface area contributed by atoms with Gasteiger partial charge in [0, 0.05) is 17.1 Å². The summed E-state index contributed by atoms with van der Waals surface area (Å²) >= 11 is 3.37. The summed E-state index contributed by atoms with van der Waals surface area (Å²) < 4.78 is 32.5. The van der Waals surface area contributed by atoms with Crippen LogP contribution < -0.4 is 14.4 Å². The zero-order chi connectivity index (χ0) is 27.0. The van der Waals surface area contributed by atoms with E-state index in [1.807, 2.05) is 25.1 Å². The van der Waals surface area contributed by atoms with Crippen LogP contribution in [-0.2, 0) is 26.2 Å². The summed E-state index contributed by atoms with van der Waals surface area (Å²) in [6.45, 7) is 1.58. The molecule has 0 aromatic heterocycles. The molecule has 1 fully saturated rings. The molecule has 8 nitrogen and oxygen atoms in total. The van der Waals surface area contributed by atoms with Crippen molar-refractivity contribution in [3.63, 3.8) is 0 Å². The molecule has 2 aromatic rings. The van der Waals surface area contributed by atoms with Gasteiger partial charge >= 0.3 is 0 Å². The Morgan fingerprint density at radius 3 is 2.43 bits per heavy atom. The highest BCUT2D eigenvalue weighted by Gasteiger charge is 2.33. The SMILES string of the molecule is CCC(C(=O)NC1CCCCC1)N(Cc1cccc(OC)c1)C(=O)CN(c1cccc(Br)c1)S(C)(=O)=O. The second kappa shape index (κ2) is 13.3. The van der Waals surface area contributed by atoms with Crippen molar-refractivity contribution < 1.29 is 22.7 Å². The molecule has 1 atom stereocenters. The van der Waals surface area contributed by atoms with E-state index >= 15 is 0 Å². The molecule has 0 radical (unpaired) electrons. The first-order chi connectivity index (χ1) is 17.6. The van der Waals surface area contributed by atoms with E-state index in [4.69, 9.17) is 4.74 Å². The molecule has 0 saturated heterocycles. The summed E-state index contributed by atoms with van der Waals surface area (Å²) in [5, 5.41) is 3.14. The molecule has 37 heavy (non-hydrogen) atoms. The fourth-order valence-electron chi connectivity index (χ4n) is 4.68. The molecule has 1 aliphatic carbocycles. The molecule has 10 heteroatoms. The third-order valence-electron chi connectivity index (χ3n) is 6.60. The van der Waals surface area contributed by atoms with Crippen LogP contribution in [0.3, 0.4) is 0 Å². The fourth-order valence-corrected chi connectivity index (χ4v) is 5.90. The number of methoxy groups -OCH3 is 1. The summed E-state index contributed by atoms with van der Waals surface area (Å²) in [6.07, 6.45) is 6.63. The summed E-state index contributed by atoms with van der Waals surface area (Å²) in [4.78, 5) is 28.7.